The number of hydrogen-bond donors (Lipinski definition) is 2. The zero-order valence-electron chi connectivity index (χ0n) is 13.4. The molecule has 1 aliphatic carbocycles. The van der Waals surface area contributed by atoms with Crippen molar-refractivity contribution in [3.63, 3.8) is 0 Å². The predicted octanol–water partition coefficient (Wildman–Crippen LogP) is 3.93. The van der Waals surface area contributed by atoms with Gasteiger partial charge in [-0.15, -0.1) is 10.2 Å². The fourth-order valence-corrected chi connectivity index (χ4v) is 3.51. The molecule has 0 aliphatic heterocycles. The van der Waals surface area contributed by atoms with Crippen molar-refractivity contribution in [3.05, 3.63) is 35.5 Å². The van der Waals surface area contributed by atoms with Crippen LogP contribution in [-0.4, -0.2) is 27.9 Å². The van der Waals surface area contributed by atoms with Gasteiger partial charge in [0.05, 0.1) is 17.7 Å². The quantitative estimate of drug-likeness (QED) is 0.825. The van der Waals surface area contributed by atoms with Crippen molar-refractivity contribution >= 4 is 22.4 Å². The standard InChI is InChI=1S/C17H19N3O3S/c1-2-23-14-10-6-4-8-12(14)15-19-20-17(24-15)18-13-9-5-3-7-11(13)16(21)22/h4,6,8,10H,2-3,5,7,9H2,1H3,(H,18,20)(H,21,22). The molecular weight excluding hydrogens is 326 g/mol. The summed E-state index contributed by atoms with van der Waals surface area (Å²) in [5.74, 6) is -0.0885. The molecule has 0 spiro atoms. The maximum atomic E-state index is 11.4. The van der Waals surface area contributed by atoms with Crippen LogP contribution >= 0.6 is 11.3 Å². The van der Waals surface area contributed by atoms with Crippen molar-refractivity contribution in [3.8, 4) is 16.3 Å². The molecule has 2 aromatic rings. The largest absolute Gasteiger partial charge is 0.493 e. The number of benzene rings is 1. The summed E-state index contributed by atoms with van der Waals surface area (Å²) in [7, 11) is 0. The monoisotopic (exact) mass is 345 g/mol. The summed E-state index contributed by atoms with van der Waals surface area (Å²) < 4.78 is 5.63. The number of allylic oxidation sites excluding steroid dienone is 1. The number of aromatic nitrogens is 2. The fourth-order valence-electron chi connectivity index (χ4n) is 2.72. The summed E-state index contributed by atoms with van der Waals surface area (Å²) in [5.41, 5.74) is 2.09. The van der Waals surface area contributed by atoms with Gasteiger partial charge < -0.3 is 15.2 Å². The van der Waals surface area contributed by atoms with E-state index < -0.39 is 5.97 Å². The lowest BCUT2D eigenvalue weighted by atomic mass is 9.96. The van der Waals surface area contributed by atoms with Gasteiger partial charge in [0.25, 0.3) is 0 Å². The van der Waals surface area contributed by atoms with Gasteiger partial charge in [0.15, 0.2) is 5.01 Å². The van der Waals surface area contributed by atoms with Gasteiger partial charge in [0.1, 0.15) is 5.75 Å². The maximum Gasteiger partial charge on any atom is 0.333 e. The Kier molecular flexibility index (Phi) is 5.10. The molecule has 0 saturated carbocycles. The second kappa shape index (κ2) is 7.44. The van der Waals surface area contributed by atoms with E-state index in [0.29, 0.717) is 23.7 Å². The van der Waals surface area contributed by atoms with E-state index in [1.165, 1.54) is 11.3 Å². The van der Waals surface area contributed by atoms with Crippen LogP contribution in [0.3, 0.4) is 0 Å². The van der Waals surface area contributed by atoms with Crippen LogP contribution in [0.5, 0.6) is 5.75 Å². The van der Waals surface area contributed by atoms with E-state index in [1.54, 1.807) is 0 Å². The minimum atomic E-state index is -0.858. The molecule has 0 saturated heterocycles. The van der Waals surface area contributed by atoms with E-state index in [1.807, 2.05) is 31.2 Å². The Labute approximate surface area is 144 Å². The Hall–Kier alpha value is -2.41. The van der Waals surface area contributed by atoms with Crippen molar-refractivity contribution in [2.45, 2.75) is 32.6 Å². The molecule has 1 aromatic carbocycles. The smallest absolute Gasteiger partial charge is 0.333 e. The molecule has 126 valence electrons. The molecule has 1 heterocycles. The second-order valence-corrected chi connectivity index (χ2v) is 6.41. The lowest BCUT2D eigenvalue weighted by Gasteiger charge is -2.17. The minimum Gasteiger partial charge on any atom is -0.493 e. The topological polar surface area (TPSA) is 84.3 Å². The summed E-state index contributed by atoms with van der Waals surface area (Å²) in [6, 6.07) is 7.69. The molecular formula is C17H19N3O3S. The molecule has 0 amide bonds. The van der Waals surface area contributed by atoms with Crippen LogP contribution in [-0.2, 0) is 4.79 Å². The molecule has 7 heteroatoms. The highest BCUT2D eigenvalue weighted by molar-refractivity contribution is 7.18. The van der Waals surface area contributed by atoms with Crippen molar-refractivity contribution in [2.24, 2.45) is 0 Å². The lowest BCUT2D eigenvalue weighted by Crippen LogP contribution is -2.14. The number of ether oxygens (including phenoxy) is 1. The summed E-state index contributed by atoms with van der Waals surface area (Å²) in [6.07, 6.45) is 3.22. The molecule has 6 nitrogen and oxygen atoms in total. The highest BCUT2D eigenvalue weighted by Crippen LogP contribution is 2.35. The van der Waals surface area contributed by atoms with Gasteiger partial charge in [0.2, 0.25) is 5.13 Å². The number of carboxylic acids is 1. The van der Waals surface area contributed by atoms with Crippen LogP contribution in [0.4, 0.5) is 5.13 Å². The molecule has 0 fully saturated rings. The highest BCUT2D eigenvalue weighted by atomic mass is 32.1. The van der Waals surface area contributed by atoms with Crippen molar-refractivity contribution < 1.29 is 14.6 Å². The number of nitrogens with zero attached hydrogens (tertiary/aromatic N) is 2. The first-order valence-corrected chi connectivity index (χ1v) is 8.78. The van der Waals surface area contributed by atoms with Crippen LogP contribution in [0.1, 0.15) is 32.6 Å². The van der Waals surface area contributed by atoms with Crippen LogP contribution in [0.2, 0.25) is 0 Å². The number of hydrogen-bond acceptors (Lipinski definition) is 6. The molecule has 0 radical (unpaired) electrons. The molecule has 1 aromatic heterocycles. The third-order valence-electron chi connectivity index (χ3n) is 3.83. The molecule has 1 aliphatic rings. The lowest BCUT2D eigenvalue weighted by molar-refractivity contribution is -0.133. The molecule has 0 bridgehead atoms. The number of anilines is 1. The van der Waals surface area contributed by atoms with Gasteiger partial charge in [-0.05, 0) is 44.7 Å². The van der Waals surface area contributed by atoms with Gasteiger partial charge in [-0.25, -0.2) is 4.79 Å². The van der Waals surface area contributed by atoms with Crippen molar-refractivity contribution in [1.29, 1.82) is 0 Å². The van der Waals surface area contributed by atoms with Gasteiger partial charge in [-0.1, -0.05) is 23.5 Å². The third kappa shape index (κ3) is 3.56. The average molecular weight is 345 g/mol. The highest BCUT2D eigenvalue weighted by Gasteiger charge is 2.20. The van der Waals surface area contributed by atoms with Crippen molar-refractivity contribution in [2.75, 3.05) is 11.9 Å². The van der Waals surface area contributed by atoms with Crippen LogP contribution < -0.4 is 10.1 Å². The zero-order valence-corrected chi connectivity index (χ0v) is 14.2. The average Bonchev–Trinajstić information content (AvgIpc) is 3.04. The van der Waals surface area contributed by atoms with Crippen molar-refractivity contribution in [1.82, 2.24) is 10.2 Å². The van der Waals surface area contributed by atoms with E-state index in [4.69, 9.17) is 4.74 Å². The number of aliphatic carboxylic acids is 1. The van der Waals surface area contributed by atoms with Gasteiger partial charge in [-0.3, -0.25) is 0 Å². The Bertz CT molecular complexity index is 770. The first-order valence-electron chi connectivity index (χ1n) is 7.97. The predicted molar refractivity (Wildman–Crippen MR) is 93.3 cm³/mol. The van der Waals surface area contributed by atoms with Crippen LogP contribution in [0, 0.1) is 0 Å². The third-order valence-corrected chi connectivity index (χ3v) is 4.70. The summed E-state index contributed by atoms with van der Waals surface area (Å²) in [5, 5.41) is 22.2. The van der Waals surface area contributed by atoms with E-state index >= 15 is 0 Å². The van der Waals surface area contributed by atoms with E-state index in [-0.39, 0.29) is 0 Å². The Morgan fingerprint density at radius 2 is 2.08 bits per heavy atom. The Morgan fingerprint density at radius 1 is 1.29 bits per heavy atom. The van der Waals surface area contributed by atoms with Gasteiger partial charge in [-0.2, -0.15) is 0 Å². The molecule has 2 N–H and O–H groups in total. The fraction of sp³-hybridized carbons (Fsp3) is 0.353. The summed E-state index contributed by atoms with van der Waals surface area (Å²) in [4.78, 5) is 11.4. The number of carboxylic acid groups (broad SMARTS) is 1. The first kappa shape index (κ1) is 16.4. The SMILES string of the molecule is CCOc1ccccc1-c1nnc(NC2=C(C(=O)O)CCCC2)s1. The van der Waals surface area contributed by atoms with Crippen LogP contribution in [0.15, 0.2) is 35.5 Å². The summed E-state index contributed by atoms with van der Waals surface area (Å²) >= 11 is 1.39. The molecule has 0 unspecified atom stereocenters. The Balaban J connectivity index is 1.85. The van der Waals surface area contributed by atoms with Crippen LogP contribution in [0.25, 0.3) is 10.6 Å². The minimum absolute atomic E-state index is 0.452. The maximum absolute atomic E-state index is 11.4. The summed E-state index contributed by atoms with van der Waals surface area (Å²) in [6.45, 7) is 2.52. The molecule has 0 atom stereocenters. The zero-order chi connectivity index (χ0) is 16.9. The number of nitrogens with one attached hydrogen (secondary N) is 1. The van der Waals surface area contributed by atoms with Gasteiger partial charge in [0, 0.05) is 5.70 Å². The van der Waals surface area contributed by atoms with Gasteiger partial charge >= 0.3 is 5.97 Å². The number of para-hydroxylation sites is 1. The molecule has 24 heavy (non-hydrogen) atoms. The van der Waals surface area contributed by atoms with E-state index in [9.17, 15) is 9.90 Å². The second-order valence-electron chi connectivity index (χ2n) is 5.44. The molecule has 3 rings (SSSR count). The number of rotatable bonds is 6. The number of carbonyl (C=O) groups is 1. The first-order chi connectivity index (χ1) is 11.7. The van der Waals surface area contributed by atoms with E-state index in [2.05, 4.69) is 15.5 Å². The normalized spacial score (nSPS) is 14.5. The Morgan fingerprint density at radius 3 is 2.88 bits per heavy atom. The van der Waals surface area contributed by atoms with E-state index in [0.717, 1.165) is 41.3 Å².